The van der Waals surface area contributed by atoms with Gasteiger partial charge in [0.15, 0.2) is 14.1 Å². The second kappa shape index (κ2) is 13.4. The summed E-state index contributed by atoms with van der Waals surface area (Å²) in [4.78, 5) is 4.80. The fraction of sp³-hybridized carbons (Fsp3) is 0.361. The molecule has 0 aliphatic heterocycles. The quantitative estimate of drug-likeness (QED) is 0.134. The number of anilines is 1. The first kappa shape index (κ1) is 35.2. The Kier molecular flexibility index (Phi) is 9.83. The zero-order chi connectivity index (χ0) is 35.0. The Morgan fingerprint density at radius 3 is 2.25 bits per heavy atom. The van der Waals surface area contributed by atoms with Crippen molar-refractivity contribution in [3.8, 4) is 17.4 Å². The second-order valence-electron chi connectivity index (χ2n) is 13.6. The lowest BCUT2D eigenvalue weighted by Gasteiger charge is -2.36. The molecule has 5 aromatic rings. The third-order valence-electron chi connectivity index (χ3n) is 9.22. The number of methoxy groups -OCH3 is 1. The highest BCUT2D eigenvalue weighted by Gasteiger charge is 2.37. The molecule has 0 amide bonds. The van der Waals surface area contributed by atoms with Crippen molar-refractivity contribution in [1.29, 1.82) is 0 Å². The molecule has 0 spiro atoms. The lowest BCUT2D eigenvalue weighted by atomic mass is 10.0. The number of benzene rings is 3. The molecular weight excluding hydrogens is 650 g/mol. The number of sulfonamides is 1. The van der Waals surface area contributed by atoms with Crippen molar-refractivity contribution in [3.63, 3.8) is 0 Å². The average molecular weight is 694 g/mol. The number of nitrogens with zero attached hydrogens (tertiary/aromatic N) is 3. The summed E-state index contributed by atoms with van der Waals surface area (Å²) < 4.78 is 60.9. The molecule has 0 atom stereocenters. The topological polar surface area (TPSA) is 103 Å². The Hall–Kier alpha value is -4.13. The van der Waals surface area contributed by atoms with Crippen LogP contribution in [0.4, 0.5) is 10.1 Å². The Morgan fingerprint density at radius 1 is 1.00 bits per heavy atom. The van der Waals surface area contributed by atoms with Crippen LogP contribution in [0.5, 0.6) is 17.4 Å². The van der Waals surface area contributed by atoms with E-state index in [0.717, 1.165) is 22.9 Å². The molecule has 3 aromatic carbocycles. The molecule has 0 saturated carbocycles. The number of rotatable bonds is 12. The number of hydrogen-bond acceptors (Lipinski definition) is 7. The van der Waals surface area contributed by atoms with E-state index in [1.807, 2.05) is 30.3 Å². The number of fused-ring (bicyclic) bond motifs is 2. The summed E-state index contributed by atoms with van der Waals surface area (Å²) in [5.41, 5.74) is 3.30. The summed E-state index contributed by atoms with van der Waals surface area (Å²) in [7, 11) is -2.72. The number of aromatic hydroxyl groups is 1. The molecule has 1 N–H and O–H groups in total. The fourth-order valence-electron chi connectivity index (χ4n) is 5.33. The van der Waals surface area contributed by atoms with Crippen molar-refractivity contribution in [2.75, 3.05) is 31.3 Å². The highest BCUT2D eigenvalue weighted by Crippen LogP contribution is 2.48. The van der Waals surface area contributed by atoms with Gasteiger partial charge in [-0.15, -0.1) is 0 Å². The van der Waals surface area contributed by atoms with E-state index >= 15 is 0 Å². The van der Waals surface area contributed by atoms with Gasteiger partial charge in [-0.2, -0.15) is 0 Å². The first-order valence-electron chi connectivity index (χ1n) is 15.7. The van der Waals surface area contributed by atoms with Crippen LogP contribution < -0.4 is 13.8 Å². The number of halogens is 1. The SMILES string of the molecule is COc1ccc(COc2c3ncc(Cc4ccc(F)cc4)cc3c(N(C)S(C)(=O)=O)c3cn(CCO[Si](C)(C)C(C)(C)C)c(O)c23)cc1. The summed E-state index contributed by atoms with van der Waals surface area (Å²) in [6.07, 6.45) is 5.03. The summed E-state index contributed by atoms with van der Waals surface area (Å²) >= 11 is 0. The maximum Gasteiger partial charge on any atom is 0.232 e. The molecule has 0 radical (unpaired) electrons. The predicted octanol–water partition coefficient (Wildman–Crippen LogP) is 7.63. The minimum Gasteiger partial charge on any atom is -0.497 e. The lowest BCUT2D eigenvalue weighted by molar-refractivity contribution is 0.264. The first-order valence-corrected chi connectivity index (χ1v) is 20.5. The number of hydrogen-bond donors (Lipinski definition) is 1. The molecule has 0 unspecified atom stereocenters. The standard InChI is InChI=1S/C36H44FN3O6SSi/c1-36(2,3)48(7,8)46-18-17-40-22-30-31(35(40)41)34(45-23-25-11-15-28(44-5)16-12-25)32-29(33(30)39(4)47(6,42)43)20-26(21-38-32)19-24-9-13-27(37)14-10-24/h9-16,20-22,41H,17-19,23H2,1-8H3. The van der Waals surface area contributed by atoms with Crippen molar-refractivity contribution < 1.29 is 31.8 Å². The van der Waals surface area contributed by atoms with Gasteiger partial charge in [-0.25, -0.2) is 12.8 Å². The molecule has 256 valence electrons. The van der Waals surface area contributed by atoms with Gasteiger partial charge in [-0.1, -0.05) is 45.0 Å². The molecule has 48 heavy (non-hydrogen) atoms. The molecule has 9 nitrogen and oxygen atoms in total. The van der Waals surface area contributed by atoms with Gasteiger partial charge in [0.05, 0.1) is 31.0 Å². The Balaban J connectivity index is 1.69. The van der Waals surface area contributed by atoms with E-state index in [2.05, 4.69) is 33.9 Å². The molecule has 0 fully saturated rings. The van der Waals surface area contributed by atoms with Crippen LogP contribution in [-0.2, 0) is 34.0 Å². The minimum absolute atomic E-state index is 0.0132. The first-order chi connectivity index (χ1) is 22.5. The number of pyridine rings is 1. The highest BCUT2D eigenvalue weighted by molar-refractivity contribution is 7.92. The average Bonchev–Trinajstić information content (AvgIpc) is 3.34. The van der Waals surface area contributed by atoms with E-state index < -0.39 is 18.3 Å². The van der Waals surface area contributed by atoms with Gasteiger partial charge in [-0.3, -0.25) is 9.29 Å². The molecule has 2 heterocycles. The van der Waals surface area contributed by atoms with Gasteiger partial charge >= 0.3 is 0 Å². The van der Waals surface area contributed by atoms with Crippen LogP contribution in [0, 0.1) is 5.82 Å². The van der Waals surface area contributed by atoms with Gasteiger partial charge in [-0.05, 0) is 71.6 Å². The largest absolute Gasteiger partial charge is 0.497 e. The Labute approximate surface area is 283 Å². The minimum atomic E-state index is -3.75. The molecule has 2 aromatic heterocycles. The predicted molar refractivity (Wildman–Crippen MR) is 192 cm³/mol. The van der Waals surface area contributed by atoms with E-state index in [9.17, 15) is 17.9 Å². The summed E-state index contributed by atoms with van der Waals surface area (Å²) in [5.74, 6) is 0.643. The van der Waals surface area contributed by atoms with E-state index in [1.165, 1.54) is 23.5 Å². The molecule has 5 rings (SSSR count). The third-order valence-corrected chi connectivity index (χ3v) is 14.9. The van der Waals surface area contributed by atoms with Crippen molar-refractivity contribution in [2.45, 2.75) is 58.5 Å². The van der Waals surface area contributed by atoms with E-state index in [0.29, 0.717) is 58.4 Å². The summed E-state index contributed by atoms with van der Waals surface area (Å²) in [6.45, 7) is 11.7. The lowest BCUT2D eigenvalue weighted by Crippen LogP contribution is -2.41. The van der Waals surface area contributed by atoms with Gasteiger partial charge in [0, 0.05) is 36.8 Å². The highest BCUT2D eigenvalue weighted by atomic mass is 32.2. The van der Waals surface area contributed by atoms with Crippen LogP contribution in [-0.4, -0.2) is 58.4 Å². The van der Waals surface area contributed by atoms with E-state index in [-0.39, 0.29) is 23.3 Å². The summed E-state index contributed by atoms with van der Waals surface area (Å²) in [6, 6.07) is 15.6. The molecule has 0 bridgehead atoms. The van der Waals surface area contributed by atoms with Gasteiger partial charge in [0.2, 0.25) is 15.9 Å². The zero-order valence-corrected chi connectivity index (χ0v) is 30.6. The van der Waals surface area contributed by atoms with Crippen LogP contribution >= 0.6 is 0 Å². The second-order valence-corrected chi connectivity index (χ2v) is 20.5. The molecule has 12 heteroatoms. The fourth-order valence-corrected chi connectivity index (χ4v) is 6.89. The monoisotopic (exact) mass is 693 g/mol. The maximum absolute atomic E-state index is 13.6. The van der Waals surface area contributed by atoms with E-state index in [1.54, 1.807) is 36.2 Å². The molecule has 0 aliphatic rings. The van der Waals surface area contributed by atoms with Gasteiger partial charge in [0.25, 0.3) is 0 Å². The van der Waals surface area contributed by atoms with E-state index in [4.69, 9.17) is 18.9 Å². The zero-order valence-electron chi connectivity index (χ0n) is 28.8. The van der Waals surface area contributed by atoms with Crippen molar-refractivity contribution in [1.82, 2.24) is 9.55 Å². The maximum atomic E-state index is 13.6. The van der Waals surface area contributed by atoms with Crippen LogP contribution in [0.2, 0.25) is 18.1 Å². The normalized spacial score (nSPS) is 12.5. The van der Waals surface area contributed by atoms with Crippen LogP contribution in [0.3, 0.4) is 0 Å². The number of aromatic nitrogens is 2. The van der Waals surface area contributed by atoms with Crippen LogP contribution in [0.25, 0.3) is 21.7 Å². The van der Waals surface area contributed by atoms with Gasteiger partial charge in [0.1, 0.15) is 23.7 Å². The third kappa shape index (κ3) is 7.30. The van der Waals surface area contributed by atoms with Crippen molar-refractivity contribution in [2.24, 2.45) is 0 Å². The molecule has 0 saturated heterocycles. The molecule has 0 aliphatic carbocycles. The Bertz CT molecular complexity index is 2040. The summed E-state index contributed by atoms with van der Waals surface area (Å²) in [5, 5.41) is 13.2. The van der Waals surface area contributed by atoms with Crippen molar-refractivity contribution in [3.05, 3.63) is 89.5 Å². The smallest absolute Gasteiger partial charge is 0.232 e. The Morgan fingerprint density at radius 2 is 1.65 bits per heavy atom. The van der Waals surface area contributed by atoms with Crippen LogP contribution in [0.15, 0.2) is 67.0 Å². The molecular formula is C36H44FN3O6SSi. The van der Waals surface area contributed by atoms with Gasteiger partial charge < -0.3 is 23.6 Å². The van der Waals surface area contributed by atoms with Crippen molar-refractivity contribution >= 4 is 45.7 Å². The number of ether oxygens (including phenoxy) is 2. The van der Waals surface area contributed by atoms with Crippen LogP contribution in [0.1, 0.15) is 37.5 Å².